The van der Waals surface area contributed by atoms with Gasteiger partial charge in [-0.2, -0.15) is 0 Å². The summed E-state index contributed by atoms with van der Waals surface area (Å²) in [5, 5.41) is 15.0. The largest absolute Gasteiger partial charge is 0.388 e. The van der Waals surface area contributed by atoms with Gasteiger partial charge in [0.05, 0.1) is 11.1 Å². The van der Waals surface area contributed by atoms with E-state index in [-0.39, 0.29) is 18.4 Å². The average Bonchev–Trinajstić information content (AvgIpc) is 2.77. The lowest BCUT2D eigenvalue weighted by Crippen LogP contribution is -2.54. The molecule has 2 aromatic heterocycles. The van der Waals surface area contributed by atoms with Crippen molar-refractivity contribution in [3.63, 3.8) is 0 Å². The van der Waals surface area contributed by atoms with E-state index in [4.69, 9.17) is 5.73 Å². The van der Waals surface area contributed by atoms with Gasteiger partial charge in [-0.1, -0.05) is 0 Å². The molecule has 2 aromatic rings. The second-order valence-electron chi connectivity index (χ2n) is 9.12. The van der Waals surface area contributed by atoms with E-state index in [1.165, 1.54) is 6.92 Å². The number of rotatable bonds is 9. The van der Waals surface area contributed by atoms with Gasteiger partial charge in [0.15, 0.2) is 0 Å². The number of fused-ring (bicyclic) bond motifs is 1. The van der Waals surface area contributed by atoms with Crippen LogP contribution in [-0.2, 0) is 9.59 Å². The van der Waals surface area contributed by atoms with Gasteiger partial charge in [0.1, 0.15) is 6.04 Å². The van der Waals surface area contributed by atoms with Crippen molar-refractivity contribution >= 4 is 28.4 Å². The molecule has 1 aliphatic heterocycles. The summed E-state index contributed by atoms with van der Waals surface area (Å²) in [4.78, 5) is 37.2. The number of nitrogens with two attached hydrogens (primary N) is 1. The zero-order valence-electron chi connectivity index (χ0n) is 19.9. The molecule has 0 aliphatic carbocycles. The highest BCUT2D eigenvalue weighted by molar-refractivity contribution is 5.91. The van der Waals surface area contributed by atoms with E-state index in [2.05, 4.69) is 26.3 Å². The number of hydrogen-bond acceptors (Lipinski definition) is 7. The number of nitrogens with one attached hydrogen (secondary N) is 1. The predicted molar refractivity (Wildman–Crippen MR) is 129 cm³/mol. The number of carbonyl (C=O) groups excluding carboxylic acids is 2. The van der Waals surface area contributed by atoms with Crippen molar-refractivity contribution in [2.24, 2.45) is 5.73 Å². The second kappa shape index (κ2) is 10.9. The molecule has 0 aromatic carbocycles. The molecular formula is C24H36N6O3. The van der Waals surface area contributed by atoms with Crippen LogP contribution < -0.4 is 16.0 Å². The molecule has 4 N–H and O–H groups in total. The second-order valence-corrected chi connectivity index (χ2v) is 9.12. The summed E-state index contributed by atoms with van der Waals surface area (Å²) in [6, 6.07) is 3.37. The van der Waals surface area contributed by atoms with Crippen molar-refractivity contribution in [1.82, 2.24) is 20.2 Å². The van der Waals surface area contributed by atoms with Crippen LogP contribution in [0, 0.1) is 6.92 Å². The third-order valence-electron chi connectivity index (χ3n) is 6.28. The zero-order chi connectivity index (χ0) is 24.0. The molecule has 3 rings (SSSR count). The van der Waals surface area contributed by atoms with E-state index < -0.39 is 11.6 Å². The van der Waals surface area contributed by atoms with Gasteiger partial charge in [-0.05, 0) is 57.7 Å². The normalized spacial score (nSPS) is 16.5. The van der Waals surface area contributed by atoms with Crippen LogP contribution in [0.4, 0.5) is 5.69 Å². The Balaban J connectivity index is 1.64. The smallest absolute Gasteiger partial charge is 0.244 e. The van der Waals surface area contributed by atoms with Gasteiger partial charge in [-0.25, -0.2) is 0 Å². The topological polar surface area (TPSA) is 125 Å². The number of aryl methyl sites for hydroxylation is 1. The summed E-state index contributed by atoms with van der Waals surface area (Å²) in [5.41, 5.74) is 7.50. The van der Waals surface area contributed by atoms with Crippen molar-refractivity contribution in [2.45, 2.75) is 57.6 Å². The van der Waals surface area contributed by atoms with E-state index in [1.807, 2.05) is 19.2 Å². The standard InChI is InChI=1S/C24H36N6O3/c1-17-14-22(19-15-26-11-7-20(19)27-17)30-12-8-24(33,9-13-30)16-29(3)23(32)21(28-18(2)31)6-4-5-10-25/h7,11,14-15,21,33H,4-6,8-10,12-13,16,25H2,1-3H3,(H,28,31)/t21-/m0/s1. The molecule has 180 valence electrons. The maximum atomic E-state index is 13.0. The van der Waals surface area contributed by atoms with Crippen LogP contribution in [0.15, 0.2) is 24.5 Å². The third-order valence-corrected chi connectivity index (χ3v) is 6.28. The van der Waals surface area contributed by atoms with Gasteiger partial charge >= 0.3 is 0 Å². The number of pyridine rings is 2. The monoisotopic (exact) mass is 456 g/mol. The molecule has 3 heterocycles. The van der Waals surface area contributed by atoms with E-state index in [9.17, 15) is 14.7 Å². The Morgan fingerprint density at radius 3 is 2.73 bits per heavy atom. The quantitative estimate of drug-likeness (QED) is 0.487. The van der Waals surface area contributed by atoms with Gasteiger partial charge in [0.25, 0.3) is 0 Å². The van der Waals surface area contributed by atoms with Crippen molar-refractivity contribution in [3.05, 3.63) is 30.2 Å². The third kappa shape index (κ3) is 6.39. The number of likely N-dealkylation sites (N-methyl/N-ethyl adjacent to an activating group) is 1. The molecule has 33 heavy (non-hydrogen) atoms. The molecule has 9 heteroatoms. The number of anilines is 1. The van der Waals surface area contributed by atoms with Crippen molar-refractivity contribution in [1.29, 1.82) is 0 Å². The fourth-order valence-electron chi connectivity index (χ4n) is 4.54. The van der Waals surface area contributed by atoms with Crippen LogP contribution in [-0.4, -0.2) is 76.7 Å². The number of piperidine rings is 1. The number of aliphatic hydroxyl groups is 1. The zero-order valence-corrected chi connectivity index (χ0v) is 19.9. The molecule has 0 unspecified atom stereocenters. The number of hydrogen-bond donors (Lipinski definition) is 3. The lowest BCUT2D eigenvalue weighted by atomic mass is 9.90. The van der Waals surface area contributed by atoms with Crippen LogP contribution in [0.2, 0.25) is 0 Å². The first-order chi connectivity index (χ1) is 15.7. The van der Waals surface area contributed by atoms with Gasteiger partial charge in [0.2, 0.25) is 11.8 Å². The first-order valence-corrected chi connectivity index (χ1v) is 11.6. The molecule has 0 radical (unpaired) electrons. The summed E-state index contributed by atoms with van der Waals surface area (Å²) in [6.07, 6.45) is 6.73. The van der Waals surface area contributed by atoms with Crippen molar-refractivity contribution in [3.8, 4) is 0 Å². The highest BCUT2D eigenvalue weighted by atomic mass is 16.3. The Morgan fingerprint density at radius 1 is 1.33 bits per heavy atom. The van der Waals surface area contributed by atoms with Crippen molar-refractivity contribution < 1.29 is 14.7 Å². The lowest BCUT2D eigenvalue weighted by Gasteiger charge is -2.41. The molecule has 1 aliphatic rings. The number of nitrogens with zero attached hydrogens (tertiary/aromatic N) is 4. The summed E-state index contributed by atoms with van der Waals surface area (Å²) in [5.74, 6) is -0.421. The first kappa shape index (κ1) is 24.9. The summed E-state index contributed by atoms with van der Waals surface area (Å²) in [6.45, 7) is 5.49. The molecule has 1 saturated heterocycles. The molecule has 2 amide bonds. The minimum absolute atomic E-state index is 0.181. The minimum atomic E-state index is -0.977. The minimum Gasteiger partial charge on any atom is -0.388 e. The van der Waals surface area contributed by atoms with Crippen LogP contribution in [0.3, 0.4) is 0 Å². The molecule has 0 spiro atoms. The summed E-state index contributed by atoms with van der Waals surface area (Å²) in [7, 11) is 1.69. The van der Waals surface area contributed by atoms with Crippen LogP contribution >= 0.6 is 0 Å². The van der Waals surface area contributed by atoms with E-state index in [1.54, 1.807) is 18.1 Å². The first-order valence-electron chi connectivity index (χ1n) is 11.6. The predicted octanol–water partition coefficient (Wildman–Crippen LogP) is 1.36. The number of amides is 2. The summed E-state index contributed by atoms with van der Waals surface area (Å²) < 4.78 is 0. The van der Waals surface area contributed by atoms with E-state index >= 15 is 0 Å². The van der Waals surface area contributed by atoms with Crippen LogP contribution in [0.1, 0.15) is 44.7 Å². The van der Waals surface area contributed by atoms with Gasteiger partial charge in [0, 0.05) is 62.8 Å². The fraction of sp³-hybridized carbons (Fsp3) is 0.583. The SMILES string of the molecule is CC(=O)N[C@@H](CCCCN)C(=O)N(C)CC1(O)CCN(c2cc(C)nc3ccncc23)CC1. The van der Waals surface area contributed by atoms with Gasteiger partial charge in [-0.3, -0.25) is 19.6 Å². The summed E-state index contributed by atoms with van der Waals surface area (Å²) >= 11 is 0. The Hall–Kier alpha value is -2.78. The molecule has 1 atom stereocenters. The Bertz CT molecular complexity index is 974. The van der Waals surface area contributed by atoms with E-state index in [0.717, 1.165) is 35.1 Å². The average molecular weight is 457 g/mol. The maximum Gasteiger partial charge on any atom is 0.244 e. The molecule has 0 saturated carbocycles. The molecule has 1 fully saturated rings. The Kier molecular flexibility index (Phi) is 8.20. The van der Waals surface area contributed by atoms with Gasteiger partial charge < -0.3 is 26.0 Å². The van der Waals surface area contributed by atoms with Gasteiger partial charge in [-0.15, -0.1) is 0 Å². The maximum absolute atomic E-state index is 13.0. The van der Waals surface area contributed by atoms with E-state index in [0.29, 0.717) is 38.9 Å². The fourth-order valence-corrected chi connectivity index (χ4v) is 4.54. The Morgan fingerprint density at radius 2 is 2.06 bits per heavy atom. The number of unbranched alkanes of at least 4 members (excludes halogenated alkanes) is 1. The lowest BCUT2D eigenvalue weighted by molar-refractivity contribution is -0.138. The highest BCUT2D eigenvalue weighted by Crippen LogP contribution is 2.31. The molecule has 9 nitrogen and oxygen atoms in total. The Labute approximate surface area is 195 Å². The van der Waals surface area contributed by atoms with Crippen LogP contribution in [0.25, 0.3) is 10.9 Å². The number of aromatic nitrogens is 2. The molecular weight excluding hydrogens is 420 g/mol. The molecule has 0 bridgehead atoms. The van der Waals surface area contributed by atoms with Crippen molar-refractivity contribution in [2.75, 3.05) is 38.1 Å². The number of carbonyl (C=O) groups is 2. The van der Waals surface area contributed by atoms with Crippen LogP contribution in [0.5, 0.6) is 0 Å². The highest BCUT2D eigenvalue weighted by Gasteiger charge is 2.36.